The average molecular weight is 297 g/mol. The number of hydrogen-bond acceptors (Lipinski definition) is 6. The molecule has 0 saturated carbocycles. The van der Waals surface area contributed by atoms with E-state index < -0.39 is 4.92 Å². The molecular formula is C12H19N5O4. The van der Waals surface area contributed by atoms with Gasteiger partial charge in [0.2, 0.25) is 5.91 Å². The van der Waals surface area contributed by atoms with Gasteiger partial charge < -0.3 is 10.1 Å². The van der Waals surface area contributed by atoms with Gasteiger partial charge in [0.1, 0.15) is 18.4 Å². The number of aromatic nitrogens is 2. The number of nitrogens with zero attached hydrogens (tertiary/aromatic N) is 4. The van der Waals surface area contributed by atoms with Gasteiger partial charge in [-0.1, -0.05) is 0 Å². The summed E-state index contributed by atoms with van der Waals surface area (Å²) in [5.74, 6) is -0.204. The van der Waals surface area contributed by atoms with Gasteiger partial charge in [-0.15, -0.1) is 0 Å². The van der Waals surface area contributed by atoms with Gasteiger partial charge in [-0.05, 0) is 6.92 Å². The molecule has 0 radical (unpaired) electrons. The van der Waals surface area contributed by atoms with E-state index in [0.29, 0.717) is 12.2 Å². The van der Waals surface area contributed by atoms with E-state index in [-0.39, 0.29) is 18.1 Å². The highest BCUT2D eigenvalue weighted by Crippen LogP contribution is 2.15. The fraction of sp³-hybridized carbons (Fsp3) is 0.667. The zero-order valence-corrected chi connectivity index (χ0v) is 11.9. The summed E-state index contributed by atoms with van der Waals surface area (Å²) in [5, 5.41) is 17.4. The van der Waals surface area contributed by atoms with Gasteiger partial charge in [0.15, 0.2) is 0 Å². The molecule has 9 nitrogen and oxygen atoms in total. The molecule has 21 heavy (non-hydrogen) atoms. The van der Waals surface area contributed by atoms with Crippen molar-refractivity contribution < 1.29 is 14.5 Å². The minimum Gasteiger partial charge on any atom is -0.379 e. The first kappa shape index (κ1) is 15.4. The molecule has 0 spiro atoms. The van der Waals surface area contributed by atoms with Crippen LogP contribution in [-0.4, -0.2) is 64.9 Å². The van der Waals surface area contributed by atoms with Crippen molar-refractivity contribution in [2.75, 3.05) is 39.4 Å². The van der Waals surface area contributed by atoms with Crippen LogP contribution >= 0.6 is 0 Å². The molecule has 2 heterocycles. The summed E-state index contributed by atoms with van der Waals surface area (Å²) in [6.07, 6.45) is 1.16. The first-order chi connectivity index (χ1) is 10.1. The number of nitrogens with one attached hydrogen (secondary N) is 1. The molecule has 0 atom stereocenters. The summed E-state index contributed by atoms with van der Waals surface area (Å²) in [7, 11) is 0. The van der Waals surface area contributed by atoms with Crippen LogP contribution in [0, 0.1) is 17.0 Å². The van der Waals surface area contributed by atoms with Crippen molar-refractivity contribution in [2.24, 2.45) is 0 Å². The van der Waals surface area contributed by atoms with Crippen LogP contribution in [0.2, 0.25) is 0 Å². The van der Waals surface area contributed by atoms with E-state index in [1.54, 1.807) is 6.92 Å². The molecule has 1 aromatic heterocycles. The predicted octanol–water partition coefficient (Wildman–Crippen LogP) is -0.452. The Bertz CT molecular complexity index is 510. The Labute approximate surface area is 122 Å². The topological polar surface area (TPSA) is 103 Å². The maximum Gasteiger partial charge on any atom is 0.309 e. The van der Waals surface area contributed by atoms with Gasteiger partial charge in [-0.3, -0.25) is 24.5 Å². The van der Waals surface area contributed by atoms with Crippen LogP contribution in [0.3, 0.4) is 0 Å². The van der Waals surface area contributed by atoms with Gasteiger partial charge in [-0.25, -0.2) is 0 Å². The molecule has 0 bridgehead atoms. The predicted molar refractivity (Wildman–Crippen MR) is 73.9 cm³/mol. The standard InChI is InChI=1S/C12H19N5O4/c1-10-11(17(19)20)8-14-16(10)9-12(18)13-2-3-15-4-6-21-7-5-15/h8H,2-7,9H2,1H3,(H,13,18). The maximum atomic E-state index is 11.8. The van der Waals surface area contributed by atoms with Gasteiger partial charge in [-0.2, -0.15) is 5.10 Å². The minimum atomic E-state index is -0.505. The fourth-order valence-electron chi connectivity index (χ4n) is 2.15. The Hall–Kier alpha value is -2.00. The highest BCUT2D eigenvalue weighted by molar-refractivity contribution is 5.75. The number of nitro groups is 1. The second-order valence-corrected chi connectivity index (χ2v) is 4.83. The van der Waals surface area contributed by atoms with Crippen LogP contribution < -0.4 is 5.32 Å². The highest BCUT2D eigenvalue weighted by atomic mass is 16.6. The van der Waals surface area contributed by atoms with Gasteiger partial charge >= 0.3 is 5.69 Å². The van der Waals surface area contributed by atoms with Crippen LogP contribution in [0.1, 0.15) is 5.69 Å². The molecule has 116 valence electrons. The van der Waals surface area contributed by atoms with Crippen molar-refractivity contribution in [2.45, 2.75) is 13.5 Å². The molecule has 1 aliphatic rings. The maximum absolute atomic E-state index is 11.8. The normalized spacial score (nSPS) is 15.9. The molecule has 1 fully saturated rings. The van der Waals surface area contributed by atoms with Gasteiger partial charge in [0.05, 0.1) is 18.1 Å². The summed E-state index contributed by atoms with van der Waals surface area (Å²) in [4.78, 5) is 24.2. The Morgan fingerprint density at radius 1 is 1.52 bits per heavy atom. The van der Waals surface area contributed by atoms with Gasteiger partial charge in [0.25, 0.3) is 0 Å². The van der Waals surface area contributed by atoms with Crippen LogP contribution in [0.25, 0.3) is 0 Å². The van der Waals surface area contributed by atoms with Crippen molar-refractivity contribution >= 4 is 11.6 Å². The summed E-state index contributed by atoms with van der Waals surface area (Å²) >= 11 is 0. The first-order valence-electron chi connectivity index (χ1n) is 6.81. The van der Waals surface area contributed by atoms with Gasteiger partial charge in [0, 0.05) is 26.2 Å². The lowest BCUT2D eigenvalue weighted by Gasteiger charge is -2.26. The zero-order valence-electron chi connectivity index (χ0n) is 11.9. The monoisotopic (exact) mass is 297 g/mol. The Balaban J connectivity index is 1.75. The summed E-state index contributed by atoms with van der Waals surface area (Å²) in [6, 6.07) is 0. The highest BCUT2D eigenvalue weighted by Gasteiger charge is 2.17. The van der Waals surface area contributed by atoms with E-state index in [0.717, 1.165) is 39.0 Å². The summed E-state index contributed by atoms with van der Waals surface area (Å²) in [5.41, 5.74) is 0.305. The van der Waals surface area contributed by atoms with Crippen molar-refractivity contribution in [3.63, 3.8) is 0 Å². The Kier molecular flexibility index (Phi) is 5.23. The van der Waals surface area contributed by atoms with E-state index in [2.05, 4.69) is 15.3 Å². The second-order valence-electron chi connectivity index (χ2n) is 4.83. The molecule has 2 rings (SSSR count). The third-order valence-electron chi connectivity index (χ3n) is 3.42. The van der Waals surface area contributed by atoms with Crippen molar-refractivity contribution in [1.29, 1.82) is 0 Å². The number of carbonyl (C=O) groups is 1. The SMILES string of the molecule is Cc1c([N+](=O)[O-])cnn1CC(=O)NCCN1CCOCC1. The molecule has 1 amide bonds. The van der Waals surface area contributed by atoms with E-state index in [1.807, 2.05) is 0 Å². The number of morpholine rings is 1. The molecule has 0 unspecified atom stereocenters. The molecule has 1 N–H and O–H groups in total. The molecule has 1 aromatic rings. The third kappa shape index (κ3) is 4.23. The number of rotatable bonds is 6. The quantitative estimate of drug-likeness (QED) is 0.563. The fourth-order valence-corrected chi connectivity index (χ4v) is 2.15. The molecule has 0 aliphatic carbocycles. The summed E-state index contributed by atoms with van der Waals surface area (Å²) < 4.78 is 6.58. The smallest absolute Gasteiger partial charge is 0.309 e. The Morgan fingerprint density at radius 3 is 2.86 bits per heavy atom. The number of carbonyl (C=O) groups excluding carboxylic acids is 1. The van der Waals surface area contributed by atoms with Crippen LogP contribution in [0.15, 0.2) is 6.20 Å². The van der Waals surface area contributed by atoms with Crippen LogP contribution in [-0.2, 0) is 16.1 Å². The van der Waals surface area contributed by atoms with Crippen molar-refractivity contribution in [3.05, 3.63) is 22.0 Å². The zero-order chi connectivity index (χ0) is 15.2. The number of amides is 1. The van der Waals surface area contributed by atoms with E-state index in [9.17, 15) is 14.9 Å². The third-order valence-corrected chi connectivity index (χ3v) is 3.42. The lowest BCUT2D eigenvalue weighted by atomic mass is 10.4. The lowest BCUT2D eigenvalue weighted by Crippen LogP contribution is -2.41. The van der Waals surface area contributed by atoms with Crippen molar-refractivity contribution in [1.82, 2.24) is 20.0 Å². The molecular weight excluding hydrogens is 278 g/mol. The van der Waals surface area contributed by atoms with Crippen LogP contribution in [0.4, 0.5) is 5.69 Å². The summed E-state index contributed by atoms with van der Waals surface area (Å²) in [6.45, 7) is 6.08. The largest absolute Gasteiger partial charge is 0.379 e. The molecule has 0 aromatic carbocycles. The average Bonchev–Trinajstić information content (AvgIpc) is 2.81. The molecule has 1 saturated heterocycles. The van der Waals surface area contributed by atoms with Crippen molar-refractivity contribution in [3.8, 4) is 0 Å². The minimum absolute atomic E-state index is 0.0111. The first-order valence-corrected chi connectivity index (χ1v) is 6.81. The lowest BCUT2D eigenvalue weighted by molar-refractivity contribution is -0.385. The number of ether oxygens (including phenoxy) is 1. The molecule has 9 heteroatoms. The molecule has 1 aliphatic heterocycles. The Morgan fingerprint density at radius 2 is 2.24 bits per heavy atom. The van der Waals surface area contributed by atoms with Crippen LogP contribution in [0.5, 0.6) is 0 Å². The van der Waals surface area contributed by atoms with E-state index in [4.69, 9.17) is 4.74 Å². The van der Waals surface area contributed by atoms with E-state index >= 15 is 0 Å². The number of hydrogen-bond donors (Lipinski definition) is 1. The van der Waals surface area contributed by atoms with E-state index in [1.165, 1.54) is 4.68 Å². The second kappa shape index (κ2) is 7.14.